The van der Waals surface area contributed by atoms with Crippen molar-refractivity contribution in [1.82, 2.24) is 0 Å². The van der Waals surface area contributed by atoms with E-state index in [9.17, 15) is 0 Å². The number of hydrogen-bond acceptors (Lipinski definition) is 1. The van der Waals surface area contributed by atoms with Gasteiger partial charge in [-0.25, -0.2) is 0 Å². The lowest BCUT2D eigenvalue weighted by Gasteiger charge is -1.98. The molecule has 2 radical (unpaired) electrons. The van der Waals surface area contributed by atoms with Crippen molar-refractivity contribution in [2.75, 3.05) is 0 Å². The molecule has 0 atom stereocenters. The molecule has 0 bridgehead atoms. The van der Waals surface area contributed by atoms with E-state index in [-0.39, 0.29) is 0 Å². The average molecular weight is 161 g/mol. The summed E-state index contributed by atoms with van der Waals surface area (Å²) in [5, 5.41) is 8.87. The number of halogens is 1. The Bertz CT molecular complexity index is 303. The molecule has 0 heterocycles. The van der Waals surface area contributed by atoms with Crippen LogP contribution in [-0.2, 0) is 6.42 Å². The highest BCUT2D eigenvalue weighted by Crippen LogP contribution is 2.07. The molecule has 52 valence electrons. The fourth-order valence-electron chi connectivity index (χ4n) is 0.772. The Morgan fingerprint density at radius 2 is 2.27 bits per heavy atom. The topological polar surface area (TPSA) is 23.8 Å². The van der Waals surface area contributed by atoms with E-state index in [2.05, 4.69) is 0 Å². The van der Waals surface area contributed by atoms with Gasteiger partial charge in [0.25, 0.3) is 0 Å². The van der Waals surface area contributed by atoms with Crippen molar-refractivity contribution in [2.24, 2.45) is 0 Å². The Labute approximate surface area is 72.0 Å². The van der Waals surface area contributed by atoms with E-state index in [1.165, 1.54) is 0 Å². The smallest absolute Gasteiger partial charge is 0.115 e. The van der Waals surface area contributed by atoms with Crippen LogP contribution in [0.5, 0.6) is 0 Å². The molecule has 11 heavy (non-hydrogen) atoms. The zero-order valence-electron chi connectivity index (χ0n) is 5.84. The van der Waals surface area contributed by atoms with Crippen molar-refractivity contribution in [2.45, 2.75) is 6.42 Å². The Balaban J connectivity index is 2.98. The fourth-order valence-corrected chi connectivity index (χ4v) is 0.975. The molecule has 1 aromatic rings. The fraction of sp³-hybridized carbons (Fsp3) is 0.125. The van der Waals surface area contributed by atoms with Crippen LogP contribution in [0.15, 0.2) is 18.2 Å². The van der Waals surface area contributed by atoms with Gasteiger partial charge < -0.3 is 0 Å². The minimum Gasteiger partial charge on any atom is -0.198 e. The van der Waals surface area contributed by atoms with Crippen LogP contribution in [-0.4, -0.2) is 7.85 Å². The molecule has 3 heteroatoms. The minimum atomic E-state index is 0.375. The normalized spacial score (nSPS) is 9.09. The summed E-state index contributed by atoms with van der Waals surface area (Å²) in [7, 11) is 5.47. The summed E-state index contributed by atoms with van der Waals surface area (Å²) in [6, 6.07) is 7.24. The predicted octanol–water partition coefficient (Wildman–Crippen LogP) is 1.20. The van der Waals surface area contributed by atoms with E-state index in [4.69, 9.17) is 24.7 Å². The summed E-state index contributed by atoms with van der Waals surface area (Å²) < 4.78 is 0. The average Bonchev–Trinajstić information content (AvgIpc) is 1.98. The van der Waals surface area contributed by atoms with Gasteiger partial charge in [-0.1, -0.05) is 29.2 Å². The molecule has 0 fully saturated rings. The Morgan fingerprint density at radius 3 is 2.82 bits per heavy atom. The van der Waals surface area contributed by atoms with Crippen LogP contribution in [0.25, 0.3) is 0 Å². The summed E-state index contributed by atoms with van der Waals surface area (Å²) in [4.78, 5) is 0. The van der Waals surface area contributed by atoms with Gasteiger partial charge in [0, 0.05) is 5.02 Å². The second-order valence-electron chi connectivity index (χ2n) is 2.19. The molecule has 0 aliphatic carbocycles. The van der Waals surface area contributed by atoms with Crippen molar-refractivity contribution in [3.8, 4) is 6.07 Å². The van der Waals surface area contributed by atoms with Crippen LogP contribution in [0.4, 0.5) is 0 Å². The van der Waals surface area contributed by atoms with E-state index < -0.39 is 0 Å². The largest absolute Gasteiger partial charge is 0.198 e. The first kappa shape index (κ1) is 8.16. The zero-order valence-corrected chi connectivity index (χ0v) is 6.60. The maximum absolute atomic E-state index is 8.36. The lowest BCUT2D eigenvalue weighted by atomic mass is 9.95. The number of rotatable bonds is 1. The van der Waals surface area contributed by atoms with Crippen molar-refractivity contribution >= 4 is 24.9 Å². The molecular formula is C8H5BClN. The SMILES string of the molecule is [B]c1ccc(CC#N)cc1Cl. The van der Waals surface area contributed by atoms with Crippen molar-refractivity contribution in [1.29, 1.82) is 5.26 Å². The number of nitrogens with zero attached hydrogens (tertiary/aromatic N) is 1. The second-order valence-corrected chi connectivity index (χ2v) is 2.60. The molecule has 1 aromatic carbocycles. The molecule has 0 saturated carbocycles. The summed E-state index contributed by atoms with van der Waals surface area (Å²) in [6.07, 6.45) is 0.375. The number of benzene rings is 1. The lowest BCUT2D eigenvalue weighted by Crippen LogP contribution is -2.03. The summed E-state index contributed by atoms with van der Waals surface area (Å²) >= 11 is 5.72. The lowest BCUT2D eigenvalue weighted by molar-refractivity contribution is 1.27. The molecule has 0 saturated heterocycles. The monoisotopic (exact) mass is 161 g/mol. The van der Waals surface area contributed by atoms with Crippen LogP contribution in [0.1, 0.15) is 5.56 Å². The van der Waals surface area contributed by atoms with Gasteiger partial charge in [-0.05, 0) is 11.6 Å². The predicted molar refractivity (Wildman–Crippen MR) is 46.2 cm³/mol. The Hall–Kier alpha value is -0.935. The van der Waals surface area contributed by atoms with Crippen LogP contribution in [0, 0.1) is 11.3 Å². The Morgan fingerprint density at radius 1 is 1.55 bits per heavy atom. The van der Waals surface area contributed by atoms with Crippen molar-refractivity contribution in [3.05, 3.63) is 28.8 Å². The van der Waals surface area contributed by atoms with Crippen LogP contribution < -0.4 is 5.46 Å². The third-order valence-electron chi connectivity index (χ3n) is 1.35. The van der Waals surface area contributed by atoms with Crippen molar-refractivity contribution in [3.63, 3.8) is 0 Å². The van der Waals surface area contributed by atoms with Crippen molar-refractivity contribution < 1.29 is 0 Å². The molecule has 0 aliphatic heterocycles. The quantitative estimate of drug-likeness (QED) is 0.568. The van der Waals surface area contributed by atoms with Gasteiger partial charge in [0.2, 0.25) is 0 Å². The van der Waals surface area contributed by atoms with Crippen LogP contribution in [0.3, 0.4) is 0 Å². The molecule has 0 amide bonds. The van der Waals surface area contributed by atoms with E-state index in [0.29, 0.717) is 16.9 Å². The van der Waals surface area contributed by atoms with Gasteiger partial charge in [-0.3, -0.25) is 0 Å². The summed E-state index contributed by atoms with van der Waals surface area (Å²) in [6.45, 7) is 0. The molecule has 0 unspecified atom stereocenters. The highest BCUT2D eigenvalue weighted by atomic mass is 35.5. The maximum Gasteiger partial charge on any atom is 0.115 e. The van der Waals surface area contributed by atoms with Gasteiger partial charge in [0.05, 0.1) is 12.5 Å². The summed E-state index contributed by atoms with van der Waals surface area (Å²) in [5.74, 6) is 0. The Kier molecular flexibility index (Phi) is 2.56. The molecule has 0 aliphatic rings. The third kappa shape index (κ3) is 1.99. The van der Waals surface area contributed by atoms with Crippen LogP contribution >= 0.6 is 11.6 Å². The second kappa shape index (κ2) is 3.45. The molecule has 0 N–H and O–H groups in total. The van der Waals surface area contributed by atoms with Gasteiger partial charge >= 0.3 is 0 Å². The first-order chi connectivity index (χ1) is 5.24. The minimum absolute atomic E-state index is 0.375. The van der Waals surface area contributed by atoms with Gasteiger partial charge in [-0.15, -0.1) is 0 Å². The maximum atomic E-state index is 8.36. The molecule has 1 nitrogen and oxygen atoms in total. The number of hydrogen-bond donors (Lipinski definition) is 0. The highest BCUT2D eigenvalue weighted by molar-refractivity contribution is 6.45. The van der Waals surface area contributed by atoms with E-state index >= 15 is 0 Å². The zero-order chi connectivity index (χ0) is 8.27. The van der Waals surface area contributed by atoms with E-state index in [0.717, 1.165) is 5.56 Å². The first-order valence-electron chi connectivity index (χ1n) is 3.15. The van der Waals surface area contributed by atoms with Gasteiger partial charge in [0.1, 0.15) is 7.85 Å². The molecular weight excluding hydrogens is 156 g/mol. The molecule has 1 rings (SSSR count). The standard InChI is InChI=1S/C8H5BClN/c9-7-2-1-6(3-4-11)5-8(7)10/h1-2,5H,3H2. The molecule has 0 aromatic heterocycles. The van der Waals surface area contributed by atoms with E-state index in [1.807, 2.05) is 6.07 Å². The first-order valence-corrected chi connectivity index (χ1v) is 3.52. The third-order valence-corrected chi connectivity index (χ3v) is 1.68. The van der Waals surface area contributed by atoms with Crippen LogP contribution in [0.2, 0.25) is 5.02 Å². The summed E-state index contributed by atoms with van der Waals surface area (Å²) in [5.41, 5.74) is 1.44. The molecule has 0 spiro atoms. The van der Waals surface area contributed by atoms with Gasteiger partial charge in [-0.2, -0.15) is 5.26 Å². The number of nitriles is 1. The highest BCUT2D eigenvalue weighted by Gasteiger charge is 1.95. The van der Waals surface area contributed by atoms with E-state index in [1.54, 1.807) is 18.2 Å². The van der Waals surface area contributed by atoms with Gasteiger partial charge in [0.15, 0.2) is 0 Å².